The largest absolute Gasteiger partial charge is 0.372 e. The summed E-state index contributed by atoms with van der Waals surface area (Å²) < 4.78 is 6.32. The van der Waals surface area contributed by atoms with Gasteiger partial charge >= 0.3 is 0 Å². The Kier molecular flexibility index (Phi) is 5.62. The van der Waals surface area contributed by atoms with Crippen molar-refractivity contribution < 1.29 is 9.53 Å². The molecule has 5 heteroatoms. The molecule has 0 radical (unpaired) electrons. The highest BCUT2D eigenvalue weighted by atomic mass is 32.1. The summed E-state index contributed by atoms with van der Waals surface area (Å²) in [5, 5.41) is 2.15. The van der Waals surface area contributed by atoms with E-state index in [1.807, 2.05) is 47.4 Å². The zero-order chi connectivity index (χ0) is 18.7. The van der Waals surface area contributed by atoms with Crippen molar-refractivity contribution in [1.82, 2.24) is 9.80 Å². The molecular weight excluding hydrogens is 356 g/mol. The van der Waals surface area contributed by atoms with Crippen LogP contribution < -0.4 is 0 Å². The first-order chi connectivity index (χ1) is 13.2. The molecule has 1 spiro atoms. The van der Waals surface area contributed by atoms with E-state index in [2.05, 4.69) is 22.4 Å². The fourth-order valence-electron chi connectivity index (χ4n) is 4.34. The number of hydrogen-bond acceptors (Lipinski definition) is 4. The Balaban J connectivity index is 1.41. The molecule has 27 heavy (non-hydrogen) atoms. The molecule has 0 bridgehead atoms. The lowest BCUT2D eigenvalue weighted by Gasteiger charge is -2.42. The maximum atomic E-state index is 13.0. The first kappa shape index (κ1) is 18.7. The van der Waals surface area contributed by atoms with Crippen molar-refractivity contribution >= 4 is 17.2 Å². The number of amides is 1. The van der Waals surface area contributed by atoms with Crippen LogP contribution in [0.25, 0.3) is 0 Å². The van der Waals surface area contributed by atoms with Crippen LogP contribution in [0.5, 0.6) is 0 Å². The third kappa shape index (κ3) is 4.26. The molecule has 1 atom stereocenters. The molecule has 0 unspecified atom stereocenters. The van der Waals surface area contributed by atoms with E-state index in [1.54, 1.807) is 0 Å². The van der Waals surface area contributed by atoms with Crippen LogP contribution in [0.2, 0.25) is 0 Å². The van der Waals surface area contributed by atoms with Gasteiger partial charge in [0.1, 0.15) is 0 Å². The fourth-order valence-corrected chi connectivity index (χ4v) is 5.08. The second kappa shape index (κ2) is 8.13. The summed E-state index contributed by atoms with van der Waals surface area (Å²) >= 11 is 1.82. The minimum absolute atomic E-state index is 0.101. The van der Waals surface area contributed by atoms with E-state index < -0.39 is 0 Å². The third-order valence-electron chi connectivity index (χ3n) is 5.85. The van der Waals surface area contributed by atoms with Gasteiger partial charge < -0.3 is 9.64 Å². The third-order valence-corrected chi connectivity index (χ3v) is 6.71. The Morgan fingerprint density at radius 1 is 1.15 bits per heavy atom. The SMILES string of the molecule is Cc1ccccc1C(=O)N1CCC[C@]2(CC1)CN(Cc1cccs1)CCO2. The van der Waals surface area contributed by atoms with Crippen molar-refractivity contribution in [3.63, 3.8) is 0 Å². The highest BCUT2D eigenvalue weighted by Gasteiger charge is 2.39. The van der Waals surface area contributed by atoms with Gasteiger partial charge in [0, 0.05) is 43.2 Å². The van der Waals surface area contributed by atoms with Crippen LogP contribution in [-0.2, 0) is 11.3 Å². The molecule has 2 saturated heterocycles. The van der Waals surface area contributed by atoms with Crippen LogP contribution in [0.4, 0.5) is 0 Å². The number of likely N-dealkylation sites (tertiary alicyclic amines) is 1. The predicted molar refractivity (Wildman–Crippen MR) is 109 cm³/mol. The standard InChI is InChI=1S/C22H28N2O2S/c1-18-6-2-3-8-20(18)21(25)24-11-5-9-22(10-12-24)17-23(13-14-26-22)16-19-7-4-15-27-19/h2-4,6-8,15H,5,9-14,16-17H2,1H3/t22-/m0/s1. The Labute approximate surface area is 165 Å². The number of nitrogens with zero attached hydrogens (tertiary/aromatic N) is 2. The van der Waals surface area contributed by atoms with Gasteiger partial charge in [0.05, 0.1) is 12.2 Å². The van der Waals surface area contributed by atoms with Crippen molar-refractivity contribution in [2.24, 2.45) is 0 Å². The number of thiophene rings is 1. The summed E-state index contributed by atoms with van der Waals surface area (Å²) in [6.45, 7) is 7.37. The molecule has 2 aliphatic rings. The molecule has 4 rings (SSSR count). The van der Waals surface area contributed by atoms with E-state index in [-0.39, 0.29) is 11.5 Å². The lowest BCUT2D eigenvalue weighted by atomic mass is 9.92. The minimum Gasteiger partial charge on any atom is -0.372 e. The van der Waals surface area contributed by atoms with Crippen molar-refractivity contribution in [3.05, 3.63) is 57.8 Å². The quantitative estimate of drug-likeness (QED) is 0.803. The molecule has 4 nitrogen and oxygen atoms in total. The molecule has 1 aromatic heterocycles. The first-order valence-corrected chi connectivity index (χ1v) is 10.8. The van der Waals surface area contributed by atoms with E-state index >= 15 is 0 Å². The molecule has 144 valence electrons. The summed E-state index contributed by atoms with van der Waals surface area (Å²) in [6.07, 6.45) is 2.96. The van der Waals surface area contributed by atoms with Crippen molar-refractivity contribution in [2.45, 2.75) is 38.3 Å². The topological polar surface area (TPSA) is 32.8 Å². The molecule has 2 aromatic rings. The number of benzene rings is 1. The maximum Gasteiger partial charge on any atom is 0.254 e. The Bertz CT molecular complexity index is 776. The predicted octanol–water partition coefficient (Wildman–Crippen LogP) is 3.95. The minimum atomic E-state index is -0.101. The van der Waals surface area contributed by atoms with Crippen LogP contribution in [0.3, 0.4) is 0 Å². The van der Waals surface area contributed by atoms with Gasteiger partial charge in [-0.2, -0.15) is 0 Å². The van der Waals surface area contributed by atoms with Gasteiger partial charge in [0.25, 0.3) is 5.91 Å². The van der Waals surface area contributed by atoms with Crippen LogP contribution >= 0.6 is 11.3 Å². The zero-order valence-electron chi connectivity index (χ0n) is 16.0. The zero-order valence-corrected chi connectivity index (χ0v) is 16.8. The van der Waals surface area contributed by atoms with E-state index in [1.165, 1.54) is 4.88 Å². The molecule has 0 N–H and O–H groups in total. The second-order valence-electron chi connectivity index (χ2n) is 7.78. The van der Waals surface area contributed by atoms with E-state index in [9.17, 15) is 4.79 Å². The summed E-state index contributed by atoms with van der Waals surface area (Å²) in [5.41, 5.74) is 1.78. The summed E-state index contributed by atoms with van der Waals surface area (Å²) in [7, 11) is 0. The highest BCUT2D eigenvalue weighted by Crippen LogP contribution is 2.31. The summed E-state index contributed by atoms with van der Waals surface area (Å²) in [5.74, 6) is 0.163. The lowest BCUT2D eigenvalue weighted by Crippen LogP contribution is -2.51. The Morgan fingerprint density at radius 2 is 2.04 bits per heavy atom. The van der Waals surface area contributed by atoms with Gasteiger partial charge in [-0.1, -0.05) is 24.3 Å². The van der Waals surface area contributed by atoms with Crippen LogP contribution in [0, 0.1) is 6.92 Å². The van der Waals surface area contributed by atoms with E-state index in [0.717, 1.165) is 69.7 Å². The molecule has 2 fully saturated rings. The molecule has 1 amide bonds. The normalized spacial score (nSPS) is 24.1. The maximum absolute atomic E-state index is 13.0. The number of carbonyl (C=O) groups excluding carboxylic acids is 1. The lowest BCUT2D eigenvalue weighted by molar-refractivity contribution is -0.117. The van der Waals surface area contributed by atoms with Crippen molar-refractivity contribution in [1.29, 1.82) is 0 Å². The van der Waals surface area contributed by atoms with Crippen molar-refractivity contribution in [2.75, 3.05) is 32.8 Å². The molecule has 0 aliphatic carbocycles. The average Bonchev–Trinajstić information content (AvgIpc) is 3.09. The second-order valence-corrected chi connectivity index (χ2v) is 8.81. The first-order valence-electron chi connectivity index (χ1n) is 9.89. The highest BCUT2D eigenvalue weighted by molar-refractivity contribution is 7.09. The number of aryl methyl sites for hydroxylation is 1. The number of hydrogen-bond donors (Lipinski definition) is 0. The van der Waals surface area contributed by atoms with Crippen LogP contribution in [0.15, 0.2) is 41.8 Å². The van der Waals surface area contributed by atoms with Crippen LogP contribution in [-0.4, -0.2) is 54.1 Å². The van der Waals surface area contributed by atoms with Gasteiger partial charge in [0.15, 0.2) is 0 Å². The molecule has 0 saturated carbocycles. The number of ether oxygens (including phenoxy) is 1. The monoisotopic (exact) mass is 384 g/mol. The number of carbonyl (C=O) groups is 1. The van der Waals surface area contributed by atoms with E-state index in [0.29, 0.717) is 0 Å². The van der Waals surface area contributed by atoms with Gasteiger partial charge in [-0.3, -0.25) is 9.69 Å². The summed E-state index contributed by atoms with van der Waals surface area (Å²) in [4.78, 5) is 19.0. The fraction of sp³-hybridized carbons (Fsp3) is 0.500. The summed E-state index contributed by atoms with van der Waals surface area (Å²) in [6, 6.07) is 12.2. The number of rotatable bonds is 3. The molecule has 2 aliphatic heterocycles. The number of morpholine rings is 1. The van der Waals surface area contributed by atoms with Crippen molar-refractivity contribution in [3.8, 4) is 0 Å². The Morgan fingerprint density at radius 3 is 2.85 bits per heavy atom. The smallest absolute Gasteiger partial charge is 0.254 e. The van der Waals surface area contributed by atoms with Crippen LogP contribution in [0.1, 0.15) is 40.1 Å². The molecular formula is C22H28N2O2S. The molecule has 3 heterocycles. The molecule has 1 aromatic carbocycles. The van der Waals surface area contributed by atoms with Gasteiger partial charge in [0.2, 0.25) is 0 Å². The average molecular weight is 385 g/mol. The Hall–Kier alpha value is -1.69. The van der Waals surface area contributed by atoms with E-state index in [4.69, 9.17) is 4.74 Å². The van der Waals surface area contributed by atoms with Gasteiger partial charge in [-0.25, -0.2) is 0 Å². The van der Waals surface area contributed by atoms with Gasteiger partial charge in [-0.15, -0.1) is 11.3 Å². The van der Waals surface area contributed by atoms with Gasteiger partial charge in [-0.05, 0) is 49.3 Å².